The standard InChI is InChI=1S/C18H22N6O4/c1-2-20-17(27)11-5-3-6-12(9-11)21-14(25)10-24-8-4-7-13(24)18-22-16(15(19)26)23-28-18/h3,5-6,9,13H,2,4,7-8,10H2,1H3,(H2,19,26)(H,20,27)(H,21,25). The van der Waals surface area contributed by atoms with E-state index in [4.69, 9.17) is 10.3 Å². The predicted molar refractivity (Wildman–Crippen MR) is 99.4 cm³/mol. The van der Waals surface area contributed by atoms with Gasteiger partial charge in [0.2, 0.25) is 11.8 Å². The summed E-state index contributed by atoms with van der Waals surface area (Å²) in [5.74, 6) is -1.08. The molecule has 1 atom stereocenters. The molecule has 0 aliphatic carbocycles. The Labute approximate surface area is 161 Å². The first-order valence-electron chi connectivity index (χ1n) is 9.03. The van der Waals surface area contributed by atoms with Gasteiger partial charge < -0.3 is 20.9 Å². The van der Waals surface area contributed by atoms with Gasteiger partial charge in [0.1, 0.15) is 0 Å². The minimum absolute atomic E-state index is 0.115. The van der Waals surface area contributed by atoms with Gasteiger partial charge in [0, 0.05) is 17.8 Å². The Hall–Kier alpha value is -3.27. The van der Waals surface area contributed by atoms with Crippen LogP contribution in [0.2, 0.25) is 0 Å². The van der Waals surface area contributed by atoms with Crippen LogP contribution in [-0.2, 0) is 4.79 Å². The van der Waals surface area contributed by atoms with Crippen LogP contribution in [0, 0.1) is 0 Å². The van der Waals surface area contributed by atoms with Gasteiger partial charge in [-0.25, -0.2) is 0 Å². The molecule has 1 aromatic carbocycles. The van der Waals surface area contributed by atoms with Crippen molar-refractivity contribution in [1.82, 2.24) is 20.4 Å². The first kappa shape index (κ1) is 19.5. The average Bonchev–Trinajstić information content (AvgIpc) is 3.31. The van der Waals surface area contributed by atoms with Crippen molar-refractivity contribution in [3.63, 3.8) is 0 Å². The van der Waals surface area contributed by atoms with Crippen molar-refractivity contribution in [3.05, 3.63) is 41.5 Å². The number of benzene rings is 1. The van der Waals surface area contributed by atoms with Gasteiger partial charge in [-0.05, 0) is 44.5 Å². The minimum Gasteiger partial charge on any atom is -0.363 e. The third kappa shape index (κ3) is 4.52. The minimum atomic E-state index is -0.760. The number of nitrogens with zero attached hydrogens (tertiary/aromatic N) is 3. The molecule has 0 saturated carbocycles. The molecule has 1 saturated heterocycles. The second-order valence-electron chi connectivity index (χ2n) is 6.44. The van der Waals surface area contributed by atoms with Crippen LogP contribution >= 0.6 is 0 Å². The summed E-state index contributed by atoms with van der Waals surface area (Å²) < 4.78 is 5.13. The van der Waals surface area contributed by atoms with Crippen LogP contribution in [0.1, 0.15) is 52.7 Å². The molecule has 3 amide bonds. The molecule has 1 aliphatic rings. The average molecular weight is 386 g/mol. The largest absolute Gasteiger partial charge is 0.363 e. The van der Waals surface area contributed by atoms with Gasteiger partial charge in [-0.2, -0.15) is 4.98 Å². The Morgan fingerprint density at radius 3 is 2.89 bits per heavy atom. The maximum absolute atomic E-state index is 12.5. The van der Waals surface area contributed by atoms with Crippen LogP contribution in [-0.4, -0.2) is 52.4 Å². The van der Waals surface area contributed by atoms with Gasteiger partial charge in [-0.3, -0.25) is 19.3 Å². The fourth-order valence-corrected chi connectivity index (χ4v) is 3.15. The number of carbonyl (C=O) groups is 3. The van der Waals surface area contributed by atoms with E-state index in [2.05, 4.69) is 20.8 Å². The predicted octanol–water partition coefficient (Wildman–Crippen LogP) is 0.694. The van der Waals surface area contributed by atoms with Crippen molar-refractivity contribution in [3.8, 4) is 0 Å². The topological polar surface area (TPSA) is 143 Å². The molecule has 0 spiro atoms. The Morgan fingerprint density at radius 1 is 1.36 bits per heavy atom. The van der Waals surface area contributed by atoms with Gasteiger partial charge in [0.15, 0.2) is 0 Å². The lowest BCUT2D eigenvalue weighted by atomic mass is 10.2. The van der Waals surface area contributed by atoms with Gasteiger partial charge >= 0.3 is 0 Å². The van der Waals surface area contributed by atoms with Gasteiger partial charge in [-0.1, -0.05) is 11.2 Å². The van der Waals surface area contributed by atoms with Crippen LogP contribution in [0.15, 0.2) is 28.8 Å². The van der Waals surface area contributed by atoms with Gasteiger partial charge in [-0.15, -0.1) is 0 Å². The molecular weight excluding hydrogens is 364 g/mol. The van der Waals surface area contributed by atoms with Crippen LogP contribution in [0.4, 0.5) is 5.69 Å². The molecule has 2 aromatic rings. The summed E-state index contributed by atoms with van der Waals surface area (Å²) in [7, 11) is 0. The molecule has 0 radical (unpaired) electrons. The van der Waals surface area contributed by atoms with Crippen LogP contribution in [0.3, 0.4) is 0 Å². The highest BCUT2D eigenvalue weighted by Crippen LogP contribution is 2.30. The van der Waals surface area contributed by atoms with Crippen molar-refractivity contribution in [2.45, 2.75) is 25.8 Å². The zero-order valence-corrected chi connectivity index (χ0v) is 15.5. The van der Waals surface area contributed by atoms with Crippen molar-refractivity contribution in [1.29, 1.82) is 0 Å². The molecule has 10 heteroatoms. The normalized spacial score (nSPS) is 16.7. The molecule has 10 nitrogen and oxygen atoms in total. The number of primary amides is 1. The molecule has 2 heterocycles. The van der Waals surface area contributed by atoms with E-state index in [9.17, 15) is 14.4 Å². The second-order valence-corrected chi connectivity index (χ2v) is 6.44. The first-order valence-corrected chi connectivity index (χ1v) is 9.03. The Balaban J connectivity index is 1.63. The zero-order valence-electron chi connectivity index (χ0n) is 15.5. The van der Waals surface area contributed by atoms with Crippen molar-refractivity contribution in [2.24, 2.45) is 5.73 Å². The van der Waals surface area contributed by atoms with Crippen molar-refractivity contribution >= 4 is 23.4 Å². The van der Waals surface area contributed by atoms with E-state index in [1.54, 1.807) is 24.3 Å². The number of aromatic nitrogens is 2. The highest BCUT2D eigenvalue weighted by atomic mass is 16.5. The zero-order chi connectivity index (χ0) is 20.1. The molecule has 1 fully saturated rings. The summed E-state index contributed by atoms with van der Waals surface area (Å²) in [6.45, 7) is 3.17. The lowest BCUT2D eigenvalue weighted by Gasteiger charge is -2.20. The quantitative estimate of drug-likeness (QED) is 0.635. The molecule has 0 bridgehead atoms. The van der Waals surface area contributed by atoms with Crippen molar-refractivity contribution in [2.75, 3.05) is 25.0 Å². The maximum atomic E-state index is 12.5. The number of rotatable bonds is 7. The Kier molecular flexibility index (Phi) is 5.99. The first-order chi connectivity index (χ1) is 13.5. The van der Waals surface area contributed by atoms with Gasteiger partial charge in [0.25, 0.3) is 17.6 Å². The van der Waals surface area contributed by atoms with E-state index in [1.807, 2.05) is 11.8 Å². The molecule has 1 aromatic heterocycles. The summed E-state index contributed by atoms with van der Waals surface area (Å²) in [5.41, 5.74) is 6.16. The summed E-state index contributed by atoms with van der Waals surface area (Å²) in [6.07, 6.45) is 1.60. The molecular formula is C18H22N6O4. The smallest absolute Gasteiger partial charge is 0.290 e. The van der Waals surface area contributed by atoms with E-state index in [0.717, 1.165) is 12.8 Å². The number of likely N-dealkylation sites (tertiary alicyclic amines) is 1. The number of nitrogens with two attached hydrogens (primary N) is 1. The molecule has 148 valence electrons. The second kappa shape index (κ2) is 8.61. The Morgan fingerprint density at radius 2 is 2.18 bits per heavy atom. The van der Waals surface area contributed by atoms with Gasteiger partial charge in [0.05, 0.1) is 12.6 Å². The molecule has 1 aliphatic heterocycles. The van der Waals surface area contributed by atoms with E-state index in [0.29, 0.717) is 24.3 Å². The highest BCUT2D eigenvalue weighted by molar-refractivity contribution is 5.97. The summed E-state index contributed by atoms with van der Waals surface area (Å²) >= 11 is 0. The SMILES string of the molecule is CCNC(=O)c1cccc(NC(=O)CN2CCCC2c2nc(C(N)=O)no2)c1. The van der Waals surface area contributed by atoms with E-state index in [-0.39, 0.29) is 36.1 Å². The number of amides is 3. The monoisotopic (exact) mass is 386 g/mol. The van der Waals surface area contributed by atoms with E-state index in [1.165, 1.54) is 0 Å². The number of hydrogen-bond donors (Lipinski definition) is 3. The van der Waals surface area contributed by atoms with Crippen LogP contribution in [0.25, 0.3) is 0 Å². The molecule has 4 N–H and O–H groups in total. The van der Waals surface area contributed by atoms with Crippen molar-refractivity contribution < 1.29 is 18.9 Å². The maximum Gasteiger partial charge on any atom is 0.290 e. The fourth-order valence-electron chi connectivity index (χ4n) is 3.15. The third-order valence-electron chi connectivity index (χ3n) is 4.40. The lowest BCUT2D eigenvalue weighted by Crippen LogP contribution is -2.33. The number of carbonyl (C=O) groups excluding carboxylic acids is 3. The molecule has 1 unspecified atom stereocenters. The summed E-state index contributed by atoms with van der Waals surface area (Å²) in [6, 6.07) is 6.50. The van der Waals surface area contributed by atoms with E-state index >= 15 is 0 Å². The summed E-state index contributed by atoms with van der Waals surface area (Å²) in [4.78, 5) is 41.4. The third-order valence-corrected chi connectivity index (χ3v) is 4.40. The van der Waals surface area contributed by atoms with Crippen LogP contribution in [0.5, 0.6) is 0 Å². The summed E-state index contributed by atoms with van der Waals surface area (Å²) in [5, 5.41) is 9.08. The van der Waals surface area contributed by atoms with E-state index < -0.39 is 5.91 Å². The lowest BCUT2D eigenvalue weighted by molar-refractivity contribution is -0.117. The number of hydrogen-bond acceptors (Lipinski definition) is 7. The highest BCUT2D eigenvalue weighted by Gasteiger charge is 2.32. The number of nitrogens with one attached hydrogen (secondary N) is 2. The molecule has 3 rings (SSSR count). The fraction of sp³-hybridized carbons (Fsp3) is 0.389. The van der Waals surface area contributed by atoms with Crippen LogP contribution < -0.4 is 16.4 Å². The number of anilines is 1. The molecule has 28 heavy (non-hydrogen) atoms. The Bertz CT molecular complexity index is 880.